The summed E-state index contributed by atoms with van der Waals surface area (Å²) in [4.78, 5) is 20.2. The predicted octanol–water partition coefficient (Wildman–Crippen LogP) is 4.43. The Morgan fingerprint density at radius 3 is 2.03 bits per heavy atom. The molecule has 0 bridgehead atoms. The number of aromatic nitrogens is 2. The molecule has 1 heterocycles. The number of benzene rings is 3. The second-order valence-corrected chi connectivity index (χ2v) is 13.1. The maximum Gasteiger partial charge on any atom is 0.340 e. The molecule has 0 saturated carbocycles. The van der Waals surface area contributed by atoms with Crippen LogP contribution in [-0.4, -0.2) is 31.4 Å². The topological polar surface area (TPSA) is 64.2 Å². The van der Waals surface area contributed by atoms with Gasteiger partial charge >= 0.3 is 5.97 Å². The molecule has 3 aromatic carbocycles. The smallest absolute Gasteiger partial charge is 0.340 e. The molecule has 0 fully saturated rings. The highest BCUT2D eigenvalue weighted by atomic mass is 28.4. The highest BCUT2D eigenvalue weighted by molar-refractivity contribution is 6.99. The minimum atomic E-state index is -2.67. The Bertz CT molecular complexity index is 1170. The van der Waals surface area contributed by atoms with E-state index in [0.717, 1.165) is 5.52 Å². The lowest BCUT2D eigenvalue weighted by Crippen LogP contribution is -2.66. The van der Waals surface area contributed by atoms with Crippen LogP contribution in [0, 0.1) is 0 Å². The zero-order valence-corrected chi connectivity index (χ0v) is 19.9. The lowest BCUT2D eigenvalue weighted by atomic mass is 10.2. The second kappa shape index (κ2) is 8.73. The third kappa shape index (κ3) is 3.87. The van der Waals surface area contributed by atoms with Gasteiger partial charge in [-0.2, -0.15) is 0 Å². The summed E-state index contributed by atoms with van der Waals surface area (Å²) in [5.41, 5.74) is 1.83. The van der Waals surface area contributed by atoms with E-state index >= 15 is 0 Å². The molecule has 0 atom stereocenters. The van der Waals surface area contributed by atoms with E-state index < -0.39 is 14.3 Å². The number of rotatable bonds is 6. The molecular weight excluding hydrogens is 416 g/mol. The SMILES string of the molecule is COC(=O)c1cccc2[nH]c(CO[Si](c3ccccc3)(c3ccccc3)C(C)(C)C)nc12. The average molecular weight is 445 g/mol. The van der Waals surface area contributed by atoms with Crippen LogP contribution >= 0.6 is 0 Å². The standard InChI is InChI=1S/C26H28N2O3Si/c1-26(2,3)32(19-12-7-5-8-13-19,20-14-9-6-10-15-20)31-18-23-27-22-17-11-16-21(24(22)28-23)25(29)30-4/h5-17H,18H2,1-4H3,(H,27,28). The minimum Gasteiger partial charge on any atom is -0.465 e. The van der Waals surface area contributed by atoms with Gasteiger partial charge in [0.05, 0.1) is 24.8 Å². The van der Waals surface area contributed by atoms with Crippen LogP contribution in [-0.2, 0) is 15.8 Å². The molecule has 1 aromatic heterocycles. The van der Waals surface area contributed by atoms with Crippen molar-refractivity contribution in [1.29, 1.82) is 0 Å². The van der Waals surface area contributed by atoms with Gasteiger partial charge in [0, 0.05) is 0 Å². The molecule has 4 rings (SSSR count). The number of para-hydroxylation sites is 1. The molecule has 0 radical (unpaired) electrons. The molecule has 6 heteroatoms. The van der Waals surface area contributed by atoms with Crippen LogP contribution in [0.5, 0.6) is 0 Å². The van der Waals surface area contributed by atoms with E-state index in [1.165, 1.54) is 17.5 Å². The lowest BCUT2D eigenvalue weighted by Gasteiger charge is -2.42. The van der Waals surface area contributed by atoms with Gasteiger partial charge in [-0.3, -0.25) is 0 Å². The zero-order chi connectivity index (χ0) is 22.8. The van der Waals surface area contributed by atoms with Gasteiger partial charge in [0.1, 0.15) is 11.3 Å². The van der Waals surface area contributed by atoms with Crippen LogP contribution in [0.4, 0.5) is 0 Å². The van der Waals surface area contributed by atoms with Gasteiger partial charge in [-0.25, -0.2) is 9.78 Å². The number of aromatic amines is 1. The number of methoxy groups -OCH3 is 1. The molecule has 0 aliphatic rings. The number of ether oxygens (including phenoxy) is 1. The van der Waals surface area contributed by atoms with E-state index in [4.69, 9.17) is 14.1 Å². The summed E-state index contributed by atoms with van der Waals surface area (Å²) in [6.07, 6.45) is 0. The zero-order valence-electron chi connectivity index (χ0n) is 18.9. The number of fused-ring (bicyclic) bond motifs is 1. The maximum absolute atomic E-state index is 12.2. The number of nitrogens with one attached hydrogen (secondary N) is 1. The average Bonchev–Trinajstić information content (AvgIpc) is 3.22. The van der Waals surface area contributed by atoms with Crippen molar-refractivity contribution in [3.8, 4) is 0 Å². The normalized spacial score (nSPS) is 12.1. The third-order valence-corrected chi connectivity index (χ3v) is 10.8. The van der Waals surface area contributed by atoms with Crippen LogP contribution in [0.25, 0.3) is 11.0 Å². The van der Waals surface area contributed by atoms with Crippen LogP contribution in [0.15, 0.2) is 78.9 Å². The molecular formula is C26H28N2O3Si. The minimum absolute atomic E-state index is 0.126. The van der Waals surface area contributed by atoms with Crippen molar-refractivity contribution in [2.75, 3.05) is 7.11 Å². The van der Waals surface area contributed by atoms with Crippen molar-refractivity contribution in [2.24, 2.45) is 0 Å². The molecule has 0 amide bonds. The molecule has 4 aromatic rings. The van der Waals surface area contributed by atoms with Crippen molar-refractivity contribution in [3.05, 3.63) is 90.3 Å². The number of nitrogens with zero attached hydrogens (tertiary/aromatic N) is 1. The van der Waals surface area contributed by atoms with Gasteiger partial charge in [-0.1, -0.05) is 87.5 Å². The highest BCUT2D eigenvalue weighted by Crippen LogP contribution is 2.37. The number of hydrogen-bond donors (Lipinski definition) is 1. The largest absolute Gasteiger partial charge is 0.465 e. The van der Waals surface area contributed by atoms with E-state index in [2.05, 4.69) is 74.3 Å². The fourth-order valence-corrected chi connectivity index (χ4v) is 8.87. The van der Waals surface area contributed by atoms with Crippen molar-refractivity contribution < 1.29 is 14.0 Å². The fourth-order valence-electron chi connectivity index (χ4n) is 4.36. The van der Waals surface area contributed by atoms with Crippen LogP contribution in [0.1, 0.15) is 37.0 Å². The first kappa shape index (κ1) is 22.0. The van der Waals surface area contributed by atoms with Gasteiger partial charge in [0.15, 0.2) is 0 Å². The molecule has 0 spiro atoms. The number of carbonyl (C=O) groups is 1. The molecule has 5 nitrogen and oxygen atoms in total. The van der Waals surface area contributed by atoms with E-state index in [-0.39, 0.29) is 5.04 Å². The molecule has 0 saturated heterocycles. The summed E-state index contributed by atoms with van der Waals surface area (Å²) in [5, 5.41) is 2.30. The molecule has 32 heavy (non-hydrogen) atoms. The first-order chi connectivity index (χ1) is 15.4. The number of hydrogen-bond acceptors (Lipinski definition) is 4. The molecule has 0 aliphatic heterocycles. The Labute approximate surface area is 189 Å². The van der Waals surface area contributed by atoms with Gasteiger partial charge < -0.3 is 14.1 Å². The molecule has 0 unspecified atom stereocenters. The van der Waals surface area contributed by atoms with Gasteiger partial charge in [0.2, 0.25) is 0 Å². The van der Waals surface area contributed by atoms with E-state index in [0.29, 0.717) is 23.5 Å². The maximum atomic E-state index is 12.2. The van der Waals surface area contributed by atoms with Crippen molar-refractivity contribution in [3.63, 3.8) is 0 Å². The summed E-state index contributed by atoms with van der Waals surface area (Å²) in [7, 11) is -1.30. The second-order valence-electron chi connectivity index (χ2n) is 8.83. The summed E-state index contributed by atoms with van der Waals surface area (Å²) < 4.78 is 11.8. The Morgan fingerprint density at radius 2 is 1.50 bits per heavy atom. The van der Waals surface area contributed by atoms with Crippen molar-refractivity contribution in [2.45, 2.75) is 32.4 Å². The van der Waals surface area contributed by atoms with Crippen LogP contribution < -0.4 is 10.4 Å². The van der Waals surface area contributed by atoms with E-state index in [9.17, 15) is 4.79 Å². The van der Waals surface area contributed by atoms with Crippen LogP contribution in [0.2, 0.25) is 5.04 Å². The van der Waals surface area contributed by atoms with Gasteiger partial charge in [0.25, 0.3) is 8.32 Å². The molecule has 1 N–H and O–H groups in total. The summed E-state index contributed by atoms with van der Waals surface area (Å²) in [6.45, 7) is 7.04. The van der Waals surface area contributed by atoms with Crippen LogP contribution in [0.3, 0.4) is 0 Å². The fraction of sp³-hybridized carbons (Fsp3) is 0.231. The first-order valence-corrected chi connectivity index (χ1v) is 12.6. The van der Waals surface area contributed by atoms with Crippen molar-refractivity contribution in [1.82, 2.24) is 9.97 Å². The Balaban J connectivity index is 1.79. The van der Waals surface area contributed by atoms with Crippen molar-refractivity contribution >= 4 is 35.7 Å². The van der Waals surface area contributed by atoms with Gasteiger partial charge in [-0.05, 0) is 27.5 Å². The predicted molar refractivity (Wildman–Crippen MR) is 130 cm³/mol. The number of esters is 1. The number of carbonyl (C=O) groups excluding carboxylic acids is 1. The Kier molecular flexibility index (Phi) is 6.00. The monoisotopic (exact) mass is 444 g/mol. The lowest BCUT2D eigenvalue weighted by molar-refractivity contribution is 0.0602. The Morgan fingerprint density at radius 1 is 0.906 bits per heavy atom. The molecule has 164 valence electrons. The Hall–Kier alpha value is -3.22. The third-order valence-electron chi connectivity index (χ3n) is 5.81. The summed E-state index contributed by atoms with van der Waals surface area (Å²) in [6, 6.07) is 26.4. The summed E-state index contributed by atoms with van der Waals surface area (Å²) >= 11 is 0. The highest BCUT2D eigenvalue weighted by Gasteiger charge is 2.50. The van der Waals surface area contributed by atoms with E-state index in [1.807, 2.05) is 24.3 Å². The van der Waals surface area contributed by atoms with Gasteiger partial charge in [-0.15, -0.1) is 0 Å². The quantitative estimate of drug-likeness (QED) is 0.353. The first-order valence-electron chi connectivity index (χ1n) is 10.7. The summed E-state index contributed by atoms with van der Waals surface area (Å²) in [5.74, 6) is 0.283. The molecule has 0 aliphatic carbocycles. The van der Waals surface area contributed by atoms with E-state index in [1.54, 1.807) is 6.07 Å². The number of H-pyrrole nitrogens is 1. The number of imidazole rings is 1.